The number of nitrogens with zero attached hydrogens (tertiary/aromatic N) is 1. The Hall–Kier alpha value is -2.17. The maximum absolute atomic E-state index is 5.27. The van der Waals surface area contributed by atoms with Crippen molar-refractivity contribution < 1.29 is 9.47 Å². The smallest absolute Gasteiger partial charge is 0.195 e. The number of nitrogens with one attached hydrogen (secondary N) is 2. The minimum Gasteiger partial charge on any atom is -0.493 e. The molecule has 5 nitrogen and oxygen atoms in total. The van der Waals surface area contributed by atoms with E-state index in [-0.39, 0.29) is 0 Å². The average Bonchev–Trinajstić information content (AvgIpc) is 2.50. The Bertz CT molecular complexity index is 470. The van der Waals surface area contributed by atoms with E-state index in [2.05, 4.69) is 21.7 Å². The molecule has 1 aromatic rings. The summed E-state index contributed by atoms with van der Waals surface area (Å²) in [4.78, 5) is 4.18. The molecule has 0 amide bonds. The molecule has 0 aliphatic heterocycles. The van der Waals surface area contributed by atoms with Crippen LogP contribution in [-0.2, 0) is 0 Å². The lowest BCUT2D eigenvalue weighted by atomic mass is 10.2. The van der Waals surface area contributed by atoms with Crippen molar-refractivity contribution in [2.75, 3.05) is 33.1 Å². The number of rotatable bonds is 6. The summed E-state index contributed by atoms with van der Waals surface area (Å²) >= 11 is 0. The van der Waals surface area contributed by atoms with E-state index in [0.717, 1.165) is 24.6 Å². The average molecular weight is 277 g/mol. The highest BCUT2D eigenvalue weighted by Gasteiger charge is 2.05. The number of allylic oxidation sites excluding steroid dienone is 1. The summed E-state index contributed by atoms with van der Waals surface area (Å²) in [5.41, 5.74) is 0.891. The zero-order chi connectivity index (χ0) is 14.8. The van der Waals surface area contributed by atoms with Crippen molar-refractivity contribution in [2.45, 2.75) is 13.3 Å². The largest absolute Gasteiger partial charge is 0.493 e. The first-order valence-corrected chi connectivity index (χ1v) is 6.56. The van der Waals surface area contributed by atoms with E-state index in [4.69, 9.17) is 9.47 Å². The minimum absolute atomic E-state index is 0.682. The van der Waals surface area contributed by atoms with E-state index in [1.165, 1.54) is 0 Å². The van der Waals surface area contributed by atoms with Gasteiger partial charge in [0.15, 0.2) is 17.5 Å². The van der Waals surface area contributed by atoms with Crippen LogP contribution in [0.25, 0.3) is 0 Å². The maximum atomic E-state index is 5.27. The predicted octanol–water partition coefficient (Wildman–Crippen LogP) is 2.66. The van der Waals surface area contributed by atoms with Crippen molar-refractivity contribution in [1.29, 1.82) is 0 Å². The molecule has 0 aliphatic rings. The summed E-state index contributed by atoms with van der Waals surface area (Å²) in [6.45, 7) is 2.84. The highest BCUT2D eigenvalue weighted by molar-refractivity contribution is 5.93. The third-order valence-corrected chi connectivity index (χ3v) is 2.71. The highest BCUT2D eigenvalue weighted by Crippen LogP contribution is 2.29. The Balaban J connectivity index is 2.66. The Labute approximate surface area is 120 Å². The summed E-state index contributed by atoms with van der Waals surface area (Å²) in [5, 5.41) is 6.45. The van der Waals surface area contributed by atoms with Gasteiger partial charge in [0.25, 0.3) is 0 Å². The van der Waals surface area contributed by atoms with E-state index in [1.54, 1.807) is 21.3 Å². The van der Waals surface area contributed by atoms with Crippen LogP contribution in [-0.4, -0.2) is 33.8 Å². The van der Waals surface area contributed by atoms with Crippen molar-refractivity contribution in [3.05, 3.63) is 30.4 Å². The zero-order valence-electron chi connectivity index (χ0n) is 12.6. The van der Waals surface area contributed by atoms with Crippen LogP contribution >= 0.6 is 0 Å². The van der Waals surface area contributed by atoms with E-state index in [9.17, 15) is 0 Å². The van der Waals surface area contributed by atoms with Gasteiger partial charge in [-0.1, -0.05) is 12.2 Å². The normalized spacial score (nSPS) is 11.5. The molecule has 20 heavy (non-hydrogen) atoms. The number of methoxy groups -OCH3 is 2. The van der Waals surface area contributed by atoms with Gasteiger partial charge in [0.1, 0.15) is 0 Å². The minimum atomic E-state index is 0.682. The van der Waals surface area contributed by atoms with Crippen LogP contribution < -0.4 is 20.1 Å². The summed E-state index contributed by atoms with van der Waals surface area (Å²) in [5.74, 6) is 2.11. The van der Waals surface area contributed by atoms with Gasteiger partial charge in [0.2, 0.25) is 0 Å². The molecule has 0 fully saturated rings. The molecule has 1 rings (SSSR count). The molecular weight excluding hydrogens is 254 g/mol. The van der Waals surface area contributed by atoms with Gasteiger partial charge in [-0.25, -0.2) is 0 Å². The van der Waals surface area contributed by atoms with E-state index >= 15 is 0 Å². The van der Waals surface area contributed by atoms with Crippen molar-refractivity contribution in [3.63, 3.8) is 0 Å². The fraction of sp³-hybridized carbons (Fsp3) is 0.400. The summed E-state index contributed by atoms with van der Waals surface area (Å²) < 4.78 is 10.5. The molecule has 0 atom stereocenters. The van der Waals surface area contributed by atoms with E-state index in [0.29, 0.717) is 11.5 Å². The summed E-state index contributed by atoms with van der Waals surface area (Å²) in [6.07, 6.45) is 5.10. The number of hydrogen-bond donors (Lipinski definition) is 2. The van der Waals surface area contributed by atoms with Crippen LogP contribution in [0.5, 0.6) is 11.5 Å². The number of hydrogen-bond acceptors (Lipinski definition) is 3. The number of anilines is 1. The Morgan fingerprint density at radius 1 is 1.25 bits per heavy atom. The number of guanidine groups is 1. The van der Waals surface area contributed by atoms with Gasteiger partial charge in [-0.15, -0.1) is 0 Å². The van der Waals surface area contributed by atoms with Crippen molar-refractivity contribution in [1.82, 2.24) is 5.32 Å². The molecule has 0 saturated heterocycles. The molecule has 110 valence electrons. The topological polar surface area (TPSA) is 54.9 Å². The van der Waals surface area contributed by atoms with Crippen LogP contribution in [0.4, 0.5) is 5.69 Å². The fourth-order valence-corrected chi connectivity index (χ4v) is 1.67. The van der Waals surface area contributed by atoms with Gasteiger partial charge in [-0.05, 0) is 25.5 Å². The summed E-state index contributed by atoms with van der Waals surface area (Å²) in [6, 6.07) is 5.64. The SMILES string of the molecule is C/C=C/CCNC(=NC)Nc1ccc(OC)c(OC)c1. The first-order valence-electron chi connectivity index (χ1n) is 6.56. The maximum Gasteiger partial charge on any atom is 0.195 e. The van der Waals surface area contributed by atoms with Gasteiger partial charge in [-0.3, -0.25) is 4.99 Å². The van der Waals surface area contributed by atoms with Crippen LogP contribution in [0.15, 0.2) is 35.3 Å². The molecule has 5 heteroatoms. The number of ether oxygens (including phenoxy) is 2. The second kappa shape index (κ2) is 8.85. The Kier molecular flexibility index (Phi) is 7.03. The van der Waals surface area contributed by atoms with Crippen molar-refractivity contribution >= 4 is 11.6 Å². The van der Waals surface area contributed by atoms with Crippen LogP contribution in [0.2, 0.25) is 0 Å². The first-order chi connectivity index (χ1) is 9.74. The van der Waals surface area contributed by atoms with E-state index < -0.39 is 0 Å². The van der Waals surface area contributed by atoms with Crippen LogP contribution in [0.3, 0.4) is 0 Å². The monoisotopic (exact) mass is 277 g/mol. The molecular formula is C15H23N3O2. The third kappa shape index (κ3) is 4.84. The molecule has 0 aliphatic carbocycles. The lowest BCUT2D eigenvalue weighted by Crippen LogP contribution is -2.31. The quantitative estimate of drug-likeness (QED) is 0.363. The summed E-state index contributed by atoms with van der Waals surface area (Å²) in [7, 11) is 4.98. The molecule has 0 spiro atoms. The van der Waals surface area contributed by atoms with Gasteiger partial charge in [-0.2, -0.15) is 0 Å². The van der Waals surface area contributed by atoms with Crippen LogP contribution in [0.1, 0.15) is 13.3 Å². The number of aliphatic imine (C=N–C) groups is 1. The van der Waals surface area contributed by atoms with Gasteiger partial charge >= 0.3 is 0 Å². The molecule has 0 bridgehead atoms. The Morgan fingerprint density at radius 3 is 2.60 bits per heavy atom. The zero-order valence-corrected chi connectivity index (χ0v) is 12.6. The number of benzene rings is 1. The predicted molar refractivity (Wildman–Crippen MR) is 84.0 cm³/mol. The van der Waals surface area contributed by atoms with Gasteiger partial charge < -0.3 is 20.1 Å². The molecule has 1 aromatic carbocycles. The van der Waals surface area contributed by atoms with Crippen molar-refractivity contribution in [3.8, 4) is 11.5 Å². The molecule has 2 N–H and O–H groups in total. The lowest BCUT2D eigenvalue weighted by molar-refractivity contribution is 0.355. The van der Waals surface area contributed by atoms with E-state index in [1.807, 2.05) is 31.2 Å². The molecule has 0 aromatic heterocycles. The second-order valence-electron chi connectivity index (χ2n) is 4.05. The molecule has 0 heterocycles. The Morgan fingerprint density at radius 2 is 2.00 bits per heavy atom. The molecule has 0 saturated carbocycles. The van der Waals surface area contributed by atoms with Gasteiger partial charge in [0, 0.05) is 25.3 Å². The highest BCUT2D eigenvalue weighted by atomic mass is 16.5. The molecule has 0 radical (unpaired) electrons. The van der Waals surface area contributed by atoms with Gasteiger partial charge in [0.05, 0.1) is 14.2 Å². The first kappa shape index (κ1) is 15.9. The second-order valence-corrected chi connectivity index (χ2v) is 4.05. The van der Waals surface area contributed by atoms with Crippen molar-refractivity contribution in [2.24, 2.45) is 4.99 Å². The molecule has 0 unspecified atom stereocenters. The lowest BCUT2D eigenvalue weighted by Gasteiger charge is -2.13. The van der Waals surface area contributed by atoms with Crippen LogP contribution in [0, 0.1) is 0 Å². The standard InChI is InChI=1S/C15H23N3O2/c1-5-6-7-10-17-15(16-2)18-12-8-9-13(19-3)14(11-12)20-4/h5-6,8-9,11H,7,10H2,1-4H3,(H2,16,17,18)/b6-5+. The third-order valence-electron chi connectivity index (χ3n) is 2.71. The fourth-order valence-electron chi connectivity index (χ4n) is 1.67.